The van der Waals surface area contributed by atoms with Gasteiger partial charge in [0, 0.05) is 61.3 Å². The lowest BCUT2D eigenvalue weighted by Gasteiger charge is -2.34. The number of carbonyl (C=O) groups excluding carboxylic acids is 1. The molecule has 0 spiro atoms. The molecule has 46 heavy (non-hydrogen) atoms. The largest absolute Gasteiger partial charge is 0.493 e. The van der Waals surface area contributed by atoms with Crippen molar-refractivity contribution in [3.05, 3.63) is 71.6 Å². The fourth-order valence-corrected chi connectivity index (χ4v) is 5.44. The monoisotopic (exact) mass is 671 g/mol. The van der Waals surface area contributed by atoms with Gasteiger partial charge in [0.1, 0.15) is 18.0 Å². The highest BCUT2D eigenvalue weighted by atomic mass is 35.5. The topological polar surface area (TPSA) is 171 Å². The number of piperazine rings is 1. The summed E-state index contributed by atoms with van der Waals surface area (Å²) in [5.41, 5.74) is 1.77. The molecule has 2 aromatic carbocycles. The second-order valence-corrected chi connectivity index (χ2v) is 12.1. The standard InChI is InChI=1S/C30H35ClN7O7P/c1-43-26-17-24-25(18-27(26)44-14-3-8-37-9-11-38(12-10-37)13-15-45-46(40,41)42)33-20-34-29(24)35-23-6-7-28(32-19-23)36-30(39)21-4-2-5-22(31)16-21/h2,4-7,16-20H,3,8-15H2,1H3,(H,32,36,39)(H,33,34,35)(H2,40,41,42). The Morgan fingerprint density at radius 1 is 0.978 bits per heavy atom. The molecule has 0 bridgehead atoms. The number of rotatable bonds is 14. The summed E-state index contributed by atoms with van der Waals surface area (Å²) >= 11 is 5.99. The maximum Gasteiger partial charge on any atom is 0.469 e. The van der Waals surface area contributed by atoms with Crippen molar-refractivity contribution in [2.24, 2.45) is 0 Å². The molecule has 244 valence electrons. The number of benzene rings is 2. The molecule has 1 aliphatic heterocycles. The van der Waals surface area contributed by atoms with Crippen molar-refractivity contribution in [3.8, 4) is 11.5 Å². The number of carbonyl (C=O) groups is 1. The molecule has 0 aliphatic carbocycles. The number of methoxy groups -OCH3 is 1. The summed E-state index contributed by atoms with van der Waals surface area (Å²) in [6.07, 6.45) is 3.87. The average molecular weight is 672 g/mol. The minimum Gasteiger partial charge on any atom is -0.493 e. The summed E-state index contributed by atoms with van der Waals surface area (Å²) < 4.78 is 27.1. The molecule has 4 N–H and O–H groups in total. The highest BCUT2D eigenvalue weighted by molar-refractivity contribution is 7.46. The van der Waals surface area contributed by atoms with Crippen LogP contribution in [0.5, 0.6) is 11.5 Å². The van der Waals surface area contributed by atoms with Gasteiger partial charge in [-0.2, -0.15) is 0 Å². The number of ether oxygens (including phenoxy) is 2. The number of pyridine rings is 1. The molecule has 5 rings (SSSR count). The Morgan fingerprint density at radius 2 is 1.76 bits per heavy atom. The van der Waals surface area contributed by atoms with Crippen LogP contribution in [0.4, 0.5) is 17.3 Å². The molecule has 3 heterocycles. The molecule has 1 fully saturated rings. The van der Waals surface area contributed by atoms with E-state index in [1.54, 1.807) is 49.7 Å². The normalized spacial score (nSPS) is 14.3. The maximum absolute atomic E-state index is 12.5. The van der Waals surface area contributed by atoms with Gasteiger partial charge in [0.05, 0.1) is 37.7 Å². The SMILES string of the molecule is COc1cc2c(Nc3ccc(NC(=O)c4cccc(Cl)c4)nc3)ncnc2cc1OCCCN1CCN(CCOP(=O)(O)O)CC1. The fourth-order valence-electron chi connectivity index (χ4n) is 4.93. The molecule has 0 saturated carbocycles. The van der Waals surface area contributed by atoms with Gasteiger partial charge in [0.25, 0.3) is 5.91 Å². The molecular formula is C30H35ClN7O7P. The van der Waals surface area contributed by atoms with E-state index in [1.165, 1.54) is 6.33 Å². The van der Waals surface area contributed by atoms with Gasteiger partial charge in [-0.1, -0.05) is 17.7 Å². The van der Waals surface area contributed by atoms with Crippen LogP contribution in [-0.4, -0.2) is 100 Å². The van der Waals surface area contributed by atoms with Gasteiger partial charge in [-0.25, -0.2) is 19.5 Å². The molecule has 0 unspecified atom stereocenters. The Morgan fingerprint density at radius 3 is 2.46 bits per heavy atom. The van der Waals surface area contributed by atoms with Crippen LogP contribution in [0.2, 0.25) is 5.02 Å². The number of halogens is 1. The number of aromatic nitrogens is 3. The number of anilines is 3. The van der Waals surface area contributed by atoms with Crippen LogP contribution in [0.15, 0.2) is 61.1 Å². The quantitative estimate of drug-likeness (QED) is 0.111. The number of fused-ring (bicyclic) bond motifs is 1. The number of nitrogens with zero attached hydrogens (tertiary/aromatic N) is 5. The zero-order chi connectivity index (χ0) is 32.5. The molecule has 0 radical (unpaired) electrons. The Kier molecular flexibility index (Phi) is 11.4. The summed E-state index contributed by atoms with van der Waals surface area (Å²) in [6, 6.07) is 13.8. The van der Waals surface area contributed by atoms with Crippen molar-refractivity contribution in [1.29, 1.82) is 0 Å². The summed E-state index contributed by atoms with van der Waals surface area (Å²) in [4.78, 5) is 47.8. The number of hydrogen-bond acceptors (Lipinski definition) is 11. The molecule has 14 nitrogen and oxygen atoms in total. The van der Waals surface area contributed by atoms with E-state index < -0.39 is 7.82 Å². The summed E-state index contributed by atoms with van der Waals surface area (Å²) in [5.74, 6) is 1.76. The summed E-state index contributed by atoms with van der Waals surface area (Å²) in [6.45, 7) is 5.16. The third-order valence-corrected chi connectivity index (χ3v) is 8.04. The second kappa shape index (κ2) is 15.6. The predicted molar refractivity (Wildman–Crippen MR) is 174 cm³/mol. The summed E-state index contributed by atoms with van der Waals surface area (Å²) in [7, 11) is -2.85. The lowest BCUT2D eigenvalue weighted by Crippen LogP contribution is -2.47. The fraction of sp³-hybridized carbons (Fsp3) is 0.333. The first-order chi connectivity index (χ1) is 22.2. The van der Waals surface area contributed by atoms with Crippen LogP contribution in [0.25, 0.3) is 10.9 Å². The molecule has 4 aromatic rings. The van der Waals surface area contributed by atoms with E-state index in [9.17, 15) is 9.36 Å². The second-order valence-electron chi connectivity index (χ2n) is 10.5. The lowest BCUT2D eigenvalue weighted by atomic mass is 10.2. The number of nitrogens with one attached hydrogen (secondary N) is 2. The number of phosphoric ester groups is 1. The zero-order valence-electron chi connectivity index (χ0n) is 25.1. The molecule has 1 amide bonds. The van der Waals surface area contributed by atoms with Gasteiger partial charge in [0.2, 0.25) is 0 Å². The Bertz CT molecular complexity index is 1680. The first-order valence-electron chi connectivity index (χ1n) is 14.6. The molecule has 16 heteroatoms. The van der Waals surface area contributed by atoms with Crippen LogP contribution < -0.4 is 20.1 Å². The molecule has 1 saturated heterocycles. The third kappa shape index (κ3) is 9.56. The Labute approximate surface area is 270 Å². The third-order valence-electron chi connectivity index (χ3n) is 7.28. The van der Waals surface area contributed by atoms with Crippen molar-refractivity contribution >= 4 is 53.6 Å². The first kappa shape index (κ1) is 33.5. The minimum absolute atomic E-state index is 0.00555. The van der Waals surface area contributed by atoms with E-state index in [0.29, 0.717) is 58.1 Å². The molecule has 2 aromatic heterocycles. The molecule has 1 aliphatic rings. The van der Waals surface area contributed by atoms with Gasteiger partial charge in [-0.3, -0.25) is 14.2 Å². The van der Waals surface area contributed by atoms with E-state index >= 15 is 0 Å². The predicted octanol–water partition coefficient (Wildman–Crippen LogP) is 4.18. The van der Waals surface area contributed by atoms with Crippen LogP contribution >= 0.6 is 19.4 Å². The molecule has 0 atom stereocenters. The van der Waals surface area contributed by atoms with Crippen molar-refractivity contribution < 1.29 is 33.1 Å². The van der Waals surface area contributed by atoms with Crippen LogP contribution in [0, 0.1) is 0 Å². The van der Waals surface area contributed by atoms with Crippen LogP contribution in [0.3, 0.4) is 0 Å². The number of hydrogen-bond donors (Lipinski definition) is 4. The maximum atomic E-state index is 12.5. The Hall–Kier alpha value is -3.88. The Balaban J connectivity index is 1.13. The lowest BCUT2D eigenvalue weighted by molar-refractivity contribution is 0.102. The van der Waals surface area contributed by atoms with Gasteiger partial charge in [-0.05, 0) is 42.8 Å². The van der Waals surface area contributed by atoms with Crippen LogP contribution in [-0.2, 0) is 9.09 Å². The van der Waals surface area contributed by atoms with Crippen molar-refractivity contribution in [2.75, 3.05) is 70.2 Å². The van der Waals surface area contributed by atoms with Gasteiger partial charge in [0.15, 0.2) is 11.5 Å². The first-order valence-corrected chi connectivity index (χ1v) is 16.5. The van der Waals surface area contributed by atoms with Crippen molar-refractivity contribution in [1.82, 2.24) is 24.8 Å². The van der Waals surface area contributed by atoms with Gasteiger partial charge >= 0.3 is 7.82 Å². The van der Waals surface area contributed by atoms with E-state index in [4.69, 9.17) is 30.9 Å². The smallest absolute Gasteiger partial charge is 0.469 e. The minimum atomic E-state index is -4.43. The number of phosphoric acid groups is 1. The summed E-state index contributed by atoms with van der Waals surface area (Å²) in [5, 5.41) is 7.22. The molecular weight excluding hydrogens is 637 g/mol. The van der Waals surface area contributed by atoms with Gasteiger partial charge < -0.3 is 34.8 Å². The average Bonchev–Trinajstić information content (AvgIpc) is 3.04. The highest BCUT2D eigenvalue weighted by Crippen LogP contribution is 2.36. The highest BCUT2D eigenvalue weighted by Gasteiger charge is 2.19. The zero-order valence-corrected chi connectivity index (χ0v) is 26.8. The van der Waals surface area contributed by atoms with E-state index in [-0.39, 0.29) is 12.5 Å². The van der Waals surface area contributed by atoms with Crippen molar-refractivity contribution in [2.45, 2.75) is 6.42 Å². The van der Waals surface area contributed by atoms with E-state index in [0.717, 1.165) is 44.5 Å². The van der Waals surface area contributed by atoms with Crippen LogP contribution in [0.1, 0.15) is 16.8 Å². The van der Waals surface area contributed by atoms with Gasteiger partial charge in [-0.15, -0.1) is 0 Å². The number of amides is 1. The van der Waals surface area contributed by atoms with E-state index in [2.05, 4.69) is 39.9 Å². The van der Waals surface area contributed by atoms with E-state index in [1.807, 2.05) is 12.1 Å². The van der Waals surface area contributed by atoms with Crippen molar-refractivity contribution in [3.63, 3.8) is 0 Å².